The van der Waals surface area contributed by atoms with Gasteiger partial charge < -0.3 is 0 Å². The van der Waals surface area contributed by atoms with Crippen molar-refractivity contribution in [2.75, 3.05) is 0 Å². The fraction of sp³-hybridized carbons (Fsp3) is 0.0667. The van der Waals surface area contributed by atoms with E-state index >= 15 is 0 Å². The van der Waals surface area contributed by atoms with E-state index in [9.17, 15) is 9.18 Å². The quantitative estimate of drug-likeness (QED) is 0.674. The van der Waals surface area contributed by atoms with Gasteiger partial charge in [-0.15, -0.1) is 0 Å². The summed E-state index contributed by atoms with van der Waals surface area (Å²) in [5.74, 6) is -0.434. The number of hydrogen-bond donors (Lipinski definition) is 0. The second-order valence-electron chi connectivity index (χ2n) is 4.70. The SMILES string of the molecule is O=c1c2cc(Cl)cc(Cl)c2ncn1Cc1ccc(F)cc1Cl. The molecule has 0 aliphatic heterocycles. The maximum absolute atomic E-state index is 13.1. The Bertz CT molecular complexity index is 940. The van der Waals surface area contributed by atoms with Gasteiger partial charge in [0.15, 0.2) is 0 Å². The molecule has 112 valence electrons. The molecule has 0 radical (unpaired) electrons. The molecule has 0 bridgehead atoms. The molecule has 0 unspecified atom stereocenters. The van der Waals surface area contributed by atoms with Crippen LogP contribution >= 0.6 is 34.8 Å². The minimum Gasteiger partial charge on any atom is -0.294 e. The molecule has 3 nitrogen and oxygen atoms in total. The highest BCUT2D eigenvalue weighted by Gasteiger charge is 2.10. The lowest BCUT2D eigenvalue weighted by molar-refractivity contribution is 0.626. The third-order valence-electron chi connectivity index (χ3n) is 3.20. The van der Waals surface area contributed by atoms with Gasteiger partial charge in [0.05, 0.1) is 28.8 Å². The molecular formula is C15H8Cl3FN2O. The monoisotopic (exact) mass is 356 g/mol. The molecule has 0 fully saturated rings. The van der Waals surface area contributed by atoms with Crippen molar-refractivity contribution in [1.82, 2.24) is 9.55 Å². The molecule has 2 aromatic carbocycles. The lowest BCUT2D eigenvalue weighted by Gasteiger charge is -2.09. The molecule has 0 saturated heterocycles. The predicted molar refractivity (Wildman–Crippen MR) is 86.5 cm³/mol. The van der Waals surface area contributed by atoms with E-state index in [4.69, 9.17) is 34.8 Å². The standard InChI is InChI=1S/C15H8Cl3FN2O/c16-9-3-11-14(13(18)4-9)20-7-21(15(11)22)6-8-1-2-10(19)5-12(8)17/h1-5,7H,6H2. The summed E-state index contributed by atoms with van der Waals surface area (Å²) >= 11 is 17.9. The highest BCUT2D eigenvalue weighted by Crippen LogP contribution is 2.24. The van der Waals surface area contributed by atoms with Crippen molar-refractivity contribution in [3.8, 4) is 0 Å². The van der Waals surface area contributed by atoms with Gasteiger partial charge in [-0.1, -0.05) is 40.9 Å². The maximum Gasteiger partial charge on any atom is 0.261 e. The molecule has 0 N–H and O–H groups in total. The van der Waals surface area contributed by atoms with Gasteiger partial charge in [-0.2, -0.15) is 0 Å². The van der Waals surface area contributed by atoms with E-state index in [-0.39, 0.29) is 17.1 Å². The Balaban J connectivity index is 2.12. The molecule has 3 rings (SSSR count). The smallest absolute Gasteiger partial charge is 0.261 e. The summed E-state index contributed by atoms with van der Waals surface area (Å²) in [5.41, 5.74) is 0.701. The Morgan fingerprint density at radius 1 is 1.09 bits per heavy atom. The lowest BCUT2D eigenvalue weighted by Crippen LogP contribution is -2.21. The van der Waals surface area contributed by atoms with Crippen molar-refractivity contribution in [2.24, 2.45) is 0 Å². The highest BCUT2D eigenvalue weighted by atomic mass is 35.5. The van der Waals surface area contributed by atoms with Gasteiger partial charge in [-0.05, 0) is 29.8 Å². The third kappa shape index (κ3) is 2.82. The Kier molecular flexibility index (Phi) is 4.08. The van der Waals surface area contributed by atoms with Gasteiger partial charge in [0, 0.05) is 10.0 Å². The second kappa shape index (κ2) is 5.88. The van der Waals surface area contributed by atoms with E-state index < -0.39 is 5.82 Å². The van der Waals surface area contributed by atoms with Gasteiger partial charge in [0.25, 0.3) is 5.56 Å². The van der Waals surface area contributed by atoms with Crippen LogP contribution in [0.3, 0.4) is 0 Å². The van der Waals surface area contributed by atoms with E-state index in [2.05, 4.69) is 4.98 Å². The summed E-state index contributed by atoms with van der Waals surface area (Å²) in [7, 11) is 0. The molecule has 0 aliphatic rings. The molecule has 0 amide bonds. The van der Waals surface area contributed by atoms with Crippen LogP contribution in [0.1, 0.15) is 5.56 Å². The van der Waals surface area contributed by atoms with Crippen molar-refractivity contribution in [1.29, 1.82) is 0 Å². The van der Waals surface area contributed by atoms with Crippen LogP contribution in [0.15, 0.2) is 41.5 Å². The first-order valence-electron chi connectivity index (χ1n) is 6.24. The summed E-state index contributed by atoms with van der Waals surface area (Å²) in [6.07, 6.45) is 1.38. The topological polar surface area (TPSA) is 34.9 Å². The zero-order chi connectivity index (χ0) is 15.9. The number of aromatic nitrogens is 2. The molecule has 7 heteroatoms. The van der Waals surface area contributed by atoms with Crippen molar-refractivity contribution >= 4 is 45.7 Å². The number of halogens is 4. The molecule has 22 heavy (non-hydrogen) atoms. The number of nitrogens with zero attached hydrogens (tertiary/aromatic N) is 2. The van der Waals surface area contributed by atoms with E-state index in [1.165, 1.54) is 41.2 Å². The number of rotatable bonds is 2. The first-order chi connectivity index (χ1) is 10.5. The molecule has 0 atom stereocenters. The van der Waals surface area contributed by atoms with E-state index in [1.807, 2.05) is 0 Å². The first-order valence-corrected chi connectivity index (χ1v) is 7.37. The summed E-state index contributed by atoms with van der Waals surface area (Å²) in [6, 6.07) is 7.05. The van der Waals surface area contributed by atoms with Gasteiger partial charge >= 0.3 is 0 Å². The average molecular weight is 358 g/mol. The molecule has 1 heterocycles. The van der Waals surface area contributed by atoms with Crippen molar-refractivity contribution < 1.29 is 4.39 Å². The van der Waals surface area contributed by atoms with Gasteiger partial charge in [0.2, 0.25) is 0 Å². The van der Waals surface area contributed by atoms with E-state index in [1.54, 1.807) is 0 Å². The van der Waals surface area contributed by atoms with Crippen LogP contribution < -0.4 is 5.56 Å². The molecule has 3 aromatic rings. The minimum absolute atomic E-state index is 0.172. The second-order valence-corrected chi connectivity index (χ2v) is 5.95. The van der Waals surface area contributed by atoms with Crippen LogP contribution in [0.2, 0.25) is 15.1 Å². The normalized spacial score (nSPS) is 11.1. The maximum atomic E-state index is 13.1. The highest BCUT2D eigenvalue weighted by molar-refractivity contribution is 6.38. The number of hydrogen-bond acceptors (Lipinski definition) is 2. The summed E-state index contributed by atoms with van der Waals surface area (Å²) < 4.78 is 14.4. The fourth-order valence-electron chi connectivity index (χ4n) is 2.14. The zero-order valence-corrected chi connectivity index (χ0v) is 13.3. The average Bonchev–Trinajstić information content (AvgIpc) is 2.45. The molecule has 0 saturated carbocycles. The van der Waals surface area contributed by atoms with Crippen molar-refractivity contribution in [2.45, 2.75) is 6.54 Å². The Morgan fingerprint density at radius 3 is 2.59 bits per heavy atom. The number of benzene rings is 2. The van der Waals surface area contributed by atoms with E-state index in [0.717, 1.165) is 0 Å². The third-order valence-corrected chi connectivity index (χ3v) is 4.06. The van der Waals surface area contributed by atoms with Crippen LogP contribution in [0.4, 0.5) is 4.39 Å². The van der Waals surface area contributed by atoms with Crippen LogP contribution in [-0.2, 0) is 6.54 Å². The Labute approximate surface area is 139 Å². The van der Waals surface area contributed by atoms with E-state index in [0.29, 0.717) is 26.5 Å². The van der Waals surface area contributed by atoms with Crippen LogP contribution in [-0.4, -0.2) is 9.55 Å². The molecule has 0 spiro atoms. The van der Waals surface area contributed by atoms with Crippen LogP contribution in [0.5, 0.6) is 0 Å². The Morgan fingerprint density at radius 2 is 1.86 bits per heavy atom. The largest absolute Gasteiger partial charge is 0.294 e. The Hall–Kier alpha value is -1.62. The zero-order valence-electron chi connectivity index (χ0n) is 11.0. The fourth-order valence-corrected chi connectivity index (χ4v) is 2.91. The van der Waals surface area contributed by atoms with Gasteiger partial charge in [-0.25, -0.2) is 9.37 Å². The molecule has 1 aromatic heterocycles. The predicted octanol–water partition coefficient (Wildman–Crippen LogP) is 4.54. The summed E-state index contributed by atoms with van der Waals surface area (Å²) in [6.45, 7) is 0.172. The van der Waals surface area contributed by atoms with Crippen molar-refractivity contribution in [3.63, 3.8) is 0 Å². The number of fused-ring (bicyclic) bond motifs is 1. The first kappa shape index (κ1) is 15.3. The van der Waals surface area contributed by atoms with Gasteiger partial charge in [0.1, 0.15) is 5.82 Å². The van der Waals surface area contributed by atoms with Crippen molar-refractivity contribution in [3.05, 3.63) is 73.5 Å². The van der Waals surface area contributed by atoms with Crippen LogP contribution in [0.25, 0.3) is 10.9 Å². The summed E-state index contributed by atoms with van der Waals surface area (Å²) in [4.78, 5) is 16.7. The summed E-state index contributed by atoms with van der Waals surface area (Å²) in [5, 5.41) is 1.23. The lowest BCUT2D eigenvalue weighted by atomic mass is 10.2. The minimum atomic E-state index is -0.434. The molecule has 0 aliphatic carbocycles. The van der Waals surface area contributed by atoms with Gasteiger partial charge in [-0.3, -0.25) is 9.36 Å². The molecular weight excluding hydrogens is 350 g/mol. The van der Waals surface area contributed by atoms with Crippen LogP contribution in [0, 0.1) is 5.82 Å².